The number of morpholine rings is 1. The van der Waals surface area contributed by atoms with Gasteiger partial charge in [-0.15, -0.1) is 0 Å². The molecule has 1 aliphatic heterocycles. The van der Waals surface area contributed by atoms with Gasteiger partial charge in [0.1, 0.15) is 0 Å². The summed E-state index contributed by atoms with van der Waals surface area (Å²) in [4.78, 5) is 2.48. The minimum atomic E-state index is 0.617. The minimum Gasteiger partial charge on any atom is -0.379 e. The number of ether oxygens (including phenoxy) is 1. The van der Waals surface area contributed by atoms with Crippen molar-refractivity contribution < 1.29 is 4.74 Å². The molecular formula is C12H24N2O. The maximum absolute atomic E-state index is 5.32. The second-order valence-electron chi connectivity index (χ2n) is 5.55. The standard InChI is InChI=1S/C12H24N2O/c1-12(2)9-11(12)10-13-3-4-14-5-7-15-8-6-14/h11,13H,3-10H2,1-2H3. The van der Waals surface area contributed by atoms with Gasteiger partial charge in [-0.25, -0.2) is 0 Å². The van der Waals surface area contributed by atoms with Gasteiger partial charge in [-0.3, -0.25) is 4.90 Å². The highest BCUT2D eigenvalue weighted by molar-refractivity contribution is 4.96. The van der Waals surface area contributed by atoms with Crippen molar-refractivity contribution in [3.8, 4) is 0 Å². The Morgan fingerprint density at radius 2 is 2.00 bits per heavy atom. The van der Waals surface area contributed by atoms with Crippen molar-refractivity contribution in [1.29, 1.82) is 0 Å². The van der Waals surface area contributed by atoms with E-state index in [0.29, 0.717) is 5.41 Å². The molecule has 3 nitrogen and oxygen atoms in total. The molecule has 0 aromatic heterocycles. The predicted molar refractivity (Wildman–Crippen MR) is 62.0 cm³/mol. The smallest absolute Gasteiger partial charge is 0.0594 e. The Labute approximate surface area is 93.2 Å². The quantitative estimate of drug-likeness (QED) is 0.687. The van der Waals surface area contributed by atoms with E-state index in [9.17, 15) is 0 Å². The SMILES string of the molecule is CC1(C)CC1CNCCN1CCOCC1. The first-order chi connectivity index (χ1) is 7.18. The van der Waals surface area contributed by atoms with E-state index >= 15 is 0 Å². The minimum absolute atomic E-state index is 0.617. The van der Waals surface area contributed by atoms with Crippen LogP contribution in [0, 0.1) is 11.3 Å². The fourth-order valence-corrected chi connectivity index (χ4v) is 2.26. The summed E-state index contributed by atoms with van der Waals surface area (Å²) in [6.45, 7) is 12.3. The zero-order chi connectivity index (χ0) is 10.7. The Hall–Kier alpha value is -0.120. The molecule has 3 heteroatoms. The summed E-state index contributed by atoms with van der Waals surface area (Å²) in [7, 11) is 0. The zero-order valence-corrected chi connectivity index (χ0v) is 10.1. The molecule has 2 aliphatic rings. The monoisotopic (exact) mass is 212 g/mol. The molecule has 1 unspecified atom stereocenters. The molecule has 1 aliphatic carbocycles. The van der Waals surface area contributed by atoms with E-state index in [1.807, 2.05) is 0 Å². The van der Waals surface area contributed by atoms with E-state index in [1.165, 1.54) is 19.5 Å². The Balaban J connectivity index is 1.48. The van der Waals surface area contributed by atoms with E-state index in [0.717, 1.165) is 38.8 Å². The molecule has 0 aromatic carbocycles. The summed E-state index contributed by atoms with van der Waals surface area (Å²) in [5, 5.41) is 3.57. The summed E-state index contributed by atoms with van der Waals surface area (Å²) in [6.07, 6.45) is 1.40. The lowest BCUT2D eigenvalue weighted by atomic mass is 10.1. The molecule has 2 rings (SSSR count). The maximum Gasteiger partial charge on any atom is 0.0594 e. The fourth-order valence-electron chi connectivity index (χ4n) is 2.26. The van der Waals surface area contributed by atoms with Crippen LogP contribution in [-0.4, -0.2) is 50.8 Å². The van der Waals surface area contributed by atoms with Crippen LogP contribution in [0.25, 0.3) is 0 Å². The summed E-state index contributed by atoms with van der Waals surface area (Å²) in [6, 6.07) is 0. The van der Waals surface area contributed by atoms with Crippen molar-refractivity contribution in [3.63, 3.8) is 0 Å². The lowest BCUT2D eigenvalue weighted by Gasteiger charge is -2.26. The van der Waals surface area contributed by atoms with Crippen LogP contribution in [0.4, 0.5) is 0 Å². The third kappa shape index (κ3) is 3.44. The van der Waals surface area contributed by atoms with Crippen molar-refractivity contribution >= 4 is 0 Å². The van der Waals surface area contributed by atoms with Crippen LogP contribution in [0.15, 0.2) is 0 Å². The van der Waals surface area contributed by atoms with Crippen LogP contribution in [-0.2, 0) is 4.74 Å². The zero-order valence-electron chi connectivity index (χ0n) is 10.1. The molecule has 1 saturated heterocycles. The molecule has 88 valence electrons. The number of hydrogen-bond donors (Lipinski definition) is 1. The van der Waals surface area contributed by atoms with Gasteiger partial charge in [-0.1, -0.05) is 13.8 Å². The highest BCUT2D eigenvalue weighted by Crippen LogP contribution is 2.50. The molecule has 0 aromatic rings. The first-order valence-electron chi connectivity index (χ1n) is 6.19. The highest BCUT2D eigenvalue weighted by atomic mass is 16.5. The van der Waals surface area contributed by atoms with Crippen molar-refractivity contribution in [2.75, 3.05) is 45.9 Å². The van der Waals surface area contributed by atoms with E-state index in [1.54, 1.807) is 0 Å². The lowest BCUT2D eigenvalue weighted by Crippen LogP contribution is -2.40. The van der Waals surface area contributed by atoms with Crippen LogP contribution < -0.4 is 5.32 Å². The molecule has 1 heterocycles. The normalized spacial score (nSPS) is 30.4. The average Bonchev–Trinajstić information content (AvgIpc) is 2.83. The fraction of sp³-hybridized carbons (Fsp3) is 1.00. The first-order valence-corrected chi connectivity index (χ1v) is 6.19. The average molecular weight is 212 g/mol. The topological polar surface area (TPSA) is 24.5 Å². The molecule has 0 bridgehead atoms. The Bertz CT molecular complexity index is 200. The molecule has 0 radical (unpaired) electrons. The van der Waals surface area contributed by atoms with Gasteiger partial charge in [0.05, 0.1) is 13.2 Å². The molecule has 0 spiro atoms. The van der Waals surface area contributed by atoms with Crippen LogP contribution in [0.3, 0.4) is 0 Å². The van der Waals surface area contributed by atoms with Crippen LogP contribution in [0.2, 0.25) is 0 Å². The molecule has 15 heavy (non-hydrogen) atoms. The van der Waals surface area contributed by atoms with Crippen LogP contribution >= 0.6 is 0 Å². The van der Waals surface area contributed by atoms with E-state index in [-0.39, 0.29) is 0 Å². The van der Waals surface area contributed by atoms with Gasteiger partial charge in [0.25, 0.3) is 0 Å². The van der Waals surface area contributed by atoms with E-state index < -0.39 is 0 Å². The third-order valence-electron chi connectivity index (χ3n) is 3.82. The second kappa shape index (κ2) is 4.81. The van der Waals surface area contributed by atoms with Crippen molar-refractivity contribution in [3.05, 3.63) is 0 Å². The van der Waals surface area contributed by atoms with E-state index in [2.05, 4.69) is 24.1 Å². The van der Waals surface area contributed by atoms with Crippen molar-refractivity contribution in [2.24, 2.45) is 11.3 Å². The molecular weight excluding hydrogens is 188 g/mol. The number of hydrogen-bond acceptors (Lipinski definition) is 3. The van der Waals surface area contributed by atoms with Crippen molar-refractivity contribution in [2.45, 2.75) is 20.3 Å². The summed E-state index contributed by atoms with van der Waals surface area (Å²) in [5.41, 5.74) is 0.617. The van der Waals surface area contributed by atoms with Gasteiger partial charge in [-0.2, -0.15) is 0 Å². The van der Waals surface area contributed by atoms with Crippen LogP contribution in [0.5, 0.6) is 0 Å². The molecule has 1 N–H and O–H groups in total. The van der Waals surface area contributed by atoms with Crippen LogP contribution in [0.1, 0.15) is 20.3 Å². The van der Waals surface area contributed by atoms with Gasteiger partial charge in [0.15, 0.2) is 0 Å². The Kier molecular flexibility index (Phi) is 3.65. The Morgan fingerprint density at radius 3 is 2.60 bits per heavy atom. The predicted octanol–water partition coefficient (Wildman–Crippen LogP) is 0.954. The largest absolute Gasteiger partial charge is 0.379 e. The lowest BCUT2D eigenvalue weighted by molar-refractivity contribution is 0.0384. The van der Waals surface area contributed by atoms with Gasteiger partial charge in [-0.05, 0) is 24.3 Å². The van der Waals surface area contributed by atoms with Gasteiger partial charge in [0, 0.05) is 26.2 Å². The second-order valence-corrected chi connectivity index (χ2v) is 5.55. The Morgan fingerprint density at radius 1 is 1.33 bits per heavy atom. The highest BCUT2D eigenvalue weighted by Gasteiger charge is 2.44. The van der Waals surface area contributed by atoms with Gasteiger partial charge < -0.3 is 10.1 Å². The van der Waals surface area contributed by atoms with Gasteiger partial charge >= 0.3 is 0 Å². The number of nitrogens with zero attached hydrogens (tertiary/aromatic N) is 1. The molecule has 0 amide bonds. The maximum atomic E-state index is 5.32. The summed E-state index contributed by atoms with van der Waals surface area (Å²) in [5.74, 6) is 0.919. The van der Waals surface area contributed by atoms with Crippen molar-refractivity contribution in [1.82, 2.24) is 10.2 Å². The summed E-state index contributed by atoms with van der Waals surface area (Å²) < 4.78 is 5.32. The van der Waals surface area contributed by atoms with Gasteiger partial charge in [0.2, 0.25) is 0 Å². The number of rotatable bonds is 5. The third-order valence-corrected chi connectivity index (χ3v) is 3.82. The molecule has 1 atom stereocenters. The summed E-state index contributed by atoms with van der Waals surface area (Å²) >= 11 is 0. The van der Waals surface area contributed by atoms with E-state index in [4.69, 9.17) is 4.74 Å². The number of nitrogens with one attached hydrogen (secondary N) is 1. The molecule has 1 saturated carbocycles. The first kappa shape index (κ1) is 11.4. The molecule has 2 fully saturated rings.